The summed E-state index contributed by atoms with van der Waals surface area (Å²) in [6, 6.07) is 7.80. The Morgan fingerprint density at radius 1 is 1.10 bits per heavy atom. The largest absolute Gasteiger partial charge is 0.479 e. The third-order valence-electron chi connectivity index (χ3n) is 3.12. The maximum Gasteiger partial charge on any atom is 0.344 e. The molecule has 0 heterocycles. The molecule has 110 valence electrons. The van der Waals surface area contributed by atoms with Gasteiger partial charge in [0.1, 0.15) is 0 Å². The molecular formula is C16H22O4. The van der Waals surface area contributed by atoms with Gasteiger partial charge in [-0.25, -0.2) is 4.79 Å². The second-order valence-corrected chi connectivity index (χ2v) is 5.48. The van der Waals surface area contributed by atoms with Gasteiger partial charge in [-0.05, 0) is 37.3 Å². The van der Waals surface area contributed by atoms with Crippen LogP contribution in [-0.2, 0) is 20.7 Å². The summed E-state index contributed by atoms with van der Waals surface area (Å²) in [4.78, 5) is 22.5. The summed E-state index contributed by atoms with van der Waals surface area (Å²) in [6.07, 6.45) is -0.125. The zero-order valence-corrected chi connectivity index (χ0v) is 12.4. The molecule has 0 saturated carbocycles. The lowest BCUT2D eigenvalue weighted by molar-refractivity contribution is -0.163. The van der Waals surface area contributed by atoms with E-state index in [1.165, 1.54) is 12.5 Å². The Morgan fingerprint density at radius 2 is 1.65 bits per heavy atom. The van der Waals surface area contributed by atoms with Gasteiger partial charge in [-0.2, -0.15) is 0 Å². The predicted octanol–water partition coefficient (Wildman–Crippen LogP) is 3.00. The molecule has 0 aliphatic carbocycles. The minimum atomic E-state index is -1.14. The number of aliphatic carboxylic acids is 1. The van der Waals surface area contributed by atoms with Gasteiger partial charge in [-0.3, -0.25) is 4.79 Å². The Kier molecular flexibility index (Phi) is 5.74. The van der Waals surface area contributed by atoms with Crippen LogP contribution in [0.2, 0.25) is 0 Å². The van der Waals surface area contributed by atoms with Crippen LogP contribution in [0, 0.1) is 5.92 Å². The summed E-state index contributed by atoms with van der Waals surface area (Å²) in [6.45, 7) is 7.37. The average Bonchev–Trinajstić information content (AvgIpc) is 2.37. The van der Waals surface area contributed by atoms with Crippen LogP contribution in [0.4, 0.5) is 0 Å². The molecule has 0 fully saturated rings. The number of carboxylic acids is 1. The monoisotopic (exact) mass is 278 g/mol. The van der Waals surface area contributed by atoms with Crippen molar-refractivity contribution in [1.82, 2.24) is 0 Å². The summed E-state index contributed by atoms with van der Waals surface area (Å²) in [5.41, 5.74) is 2.06. The number of benzene rings is 1. The molecule has 0 amide bonds. The highest BCUT2D eigenvalue weighted by Gasteiger charge is 2.22. The number of hydrogen-bond donors (Lipinski definition) is 1. The van der Waals surface area contributed by atoms with Crippen molar-refractivity contribution in [3.05, 3.63) is 35.4 Å². The molecule has 0 aliphatic rings. The number of carbonyl (C=O) groups excluding carboxylic acids is 1. The molecule has 0 bridgehead atoms. The Morgan fingerprint density at radius 3 is 2.10 bits per heavy atom. The van der Waals surface area contributed by atoms with Crippen molar-refractivity contribution in [3.63, 3.8) is 0 Å². The van der Waals surface area contributed by atoms with Crippen LogP contribution >= 0.6 is 0 Å². The summed E-state index contributed by atoms with van der Waals surface area (Å²) in [5.74, 6) is -1.54. The highest BCUT2D eigenvalue weighted by Crippen LogP contribution is 2.19. The molecule has 1 N–H and O–H groups in total. The first kappa shape index (κ1) is 16.2. The standard InChI is InChI=1S/C16H22O4/c1-10(2)9-13-5-7-14(8-6-13)11(3)16(19)20-12(4)15(17)18/h5-8,10-12H,9H2,1-4H3,(H,17,18)/t11-,12?/m0/s1. The summed E-state index contributed by atoms with van der Waals surface area (Å²) in [7, 11) is 0. The summed E-state index contributed by atoms with van der Waals surface area (Å²) < 4.78 is 4.88. The first-order valence-electron chi connectivity index (χ1n) is 6.83. The van der Waals surface area contributed by atoms with E-state index in [0.29, 0.717) is 5.92 Å². The van der Waals surface area contributed by atoms with E-state index in [9.17, 15) is 9.59 Å². The maximum atomic E-state index is 11.8. The van der Waals surface area contributed by atoms with Gasteiger partial charge in [-0.1, -0.05) is 38.1 Å². The number of esters is 1. The minimum absolute atomic E-state index is 0.468. The molecule has 2 atom stereocenters. The topological polar surface area (TPSA) is 63.6 Å². The summed E-state index contributed by atoms with van der Waals surface area (Å²) >= 11 is 0. The van der Waals surface area contributed by atoms with E-state index >= 15 is 0 Å². The fraction of sp³-hybridized carbons (Fsp3) is 0.500. The fourth-order valence-electron chi connectivity index (χ4n) is 1.88. The van der Waals surface area contributed by atoms with E-state index < -0.39 is 24.0 Å². The maximum absolute atomic E-state index is 11.8. The van der Waals surface area contributed by atoms with Crippen LogP contribution in [0.15, 0.2) is 24.3 Å². The van der Waals surface area contributed by atoms with Crippen LogP contribution in [0.25, 0.3) is 0 Å². The van der Waals surface area contributed by atoms with Crippen LogP contribution in [-0.4, -0.2) is 23.1 Å². The molecule has 4 nitrogen and oxygen atoms in total. The van der Waals surface area contributed by atoms with E-state index in [0.717, 1.165) is 12.0 Å². The first-order chi connectivity index (χ1) is 9.31. The zero-order chi connectivity index (χ0) is 15.3. The SMILES string of the molecule is CC(C)Cc1ccc([C@H](C)C(=O)OC(C)C(=O)O)cc1. The minimum Gasteiger partial charge on any atom is -0.479 e. The average molecular weight is 278 g/mol. The molecule has 1 rings (SSSR count). The molecule has 20 heavy (non-hydrogen) atoms. The van der Waals surface area contributed by atoms with Crippen LogP contribution in [0.1, 0.15) is 44.7 Å². The number of ether oxygens (including phenoxy) is 1. The Bertz CT molecular complexity index is 462. The second kappa shape index (κ2) is 7.08. The van der Waals surface area contributed by atoms with Crippen molar-refractivity contribution >= 4 is 11.9 Å². The molecule has 1 aromatic carbocycles. The Labute approximate surface area is 119 Å². The van der Waals surface area contributed by atoms with Crippen molar-refractivity contribution in [1.29, 1.82) is 0 Å². The zero-order valence-electron chi connectivity index (χ0n) is 12.4. The van der Waals surface area contributed by atoms with Gasteiger partial charge >= 0.3 is 11.9 Å². The highest BCUT2D eigenvalue weighted by atomic mass is 16.6. The number of hydrogen-bond acceptors (Lipinski definition) is 3. The van der Waals surface area contributed by atoms with Crippen LogP contribution in [0.3, 0.4) is 0 Å². The third-order valence-corrected chi connectivity index (χ3v) is 3.12. The van der Waals surface area contributed by atoms with Gasteiger partial charge in [0.15, 0.2) is 6.10 Å². The van der Waals surface area contributed by atoms with Crippen molar-refractivity contribution in [2.45, 2.75) is 46.1 Å². The third kappa shape index (κ3) is 4.68. The molecule has 1 unspecified atom stereocenters. The normalized spacial score (nSPS) is 13.8. The second-order valence-electron chi connectivity index (χ2n) is 5.48. The Hall–Kier alpha value is -1.84. The molecule has 1 aromatic rings. The lowest BCUT2D eigenvalue weighted by Gasteiger charge is -2.15. The van der Waals surface area contributed by atoms with Crippen LogP contribution < -0.4 is 0 Å². The number of carboxylic acid groups (broad SMARTS) is 1. The van der Waals surface area contributed by atoms with E-state index in [4.69, 9.17) is 9.84 Å². The lowest BCUT2D eigenvalue weighted by atomic mass is 9.97. The molecule has 0 spiro atoms. The number of carbonyl (C=O) groups is 2. The van der Waals surface area contributed by atoms with Gasteiger partial charge in [-0.15, -0.1) is 0 Å². The van der Waals surface area contributed by atoms with Crippen LogP contribution in [0.5, 0.6) is 0 Å². The molecule has 0 aromatic heterocycles. The Balaban J connectivity index is 2.69. The predicted molar refractivity (Wildman–Crippen MR) is 76.6 cm³/mol. The molecule has 0 radical (unpaired) electrons. The molecule has 0 saturated heterocycles. The van der Waals surface area contributed by atoms with Gasteiger partial charge in [0.2, 0.25) is 0 Å². The highest BCUT2D eigenvalue weighted by molar-refractivity contribution is 5.81. The quantitative estimate of drug-likeness (QED) is 0.812. The van der Waals surface area contributed by atoms with Gasteiger partial charge < -0.3 is 9.84 Å². The van der Waals surface area contributed by atoms with Gasteiger partial charge in [0.25, 0.3) is 0 Å². The fourth-order valence-corrected chi connectivity index (χ4v) is 1.88. The van der Waals surface area contributed by atoms with Gasteiger partial charge in [0.05, 0.1) is 5.92 Å². The van der Waals surface area contributed by atoms with Crippen molar-refractivity contribution in [2.75, 3.05) is 0 Å². The van der Waals surface area contributed by atoms with Crippen molar-refractivity contribution in [3.8, 4) is 0 Å². The van der Waals surface area contributed by atoms with E-state index in [1.54, 1.807) is 6.92 Å². The van der Waals surface area contributed by atoms with Crippen molar-refractivity contribution < 1.29 is 19.4 Å². The number of rotatable bonds is 6. The van der Waals surface area contributed by atoms with E-state index in [2.05, 4.69) is 13.8 Å². The molecule has 4 heteroatoms. The lowest BCUT2D eigenvalue weighted by Crippen LogP contribution is -2.26. The van der Waals surface area contributed by atoms with E-state index in [-0.39, 0.29) is 0 Å². The molecular weight excluding hydrogens is 256 g/mol. The molecule has 0 aliphatic heterocycles. The smallest absolute Gasteiger partial charge is 0.344 e. The van der Waals surface area contributed by atoms with E-state index in [1.807, 2.05) is 24.3 Å². The van der Waals surface area contributed by atoms with Crippen molar-refractivity contribution in [2.24, 2.45) is 5.92 Å². The first-order valence-corrected chi connectivity index (χ1v) is 6.83. The summed E-state index contributed by atoms with van der Waals surface area (Å²) in [5, 5.41) is 8.73. The van der Waals surface area contributed by atoms with Gasteiger partial charge in [0, 0.05) is 0 Å².